The minimum Gasteiger partial charge on any atom is -0.348 e. The number of rotatable bonds is 4. The second kappa shape index (κ2) is 5.32. The zero-order valence-corrected chi connectivity index (χ0v) is 11.2. The molecule has 0 bridgehead atoms. The van der Waals surface area contributed by atoms with E-state index < -0.39 is 0 Å². The lowest BCUT2D eigenvalue weighted by molar-refractivity contribution is 0.0949. The Morgan fingerprint density at radius 1 is 1.35 bits per heavy atom. The molecule has 0 unspecified atom stereocenters. The third-order valence-electron chi connectivity index (χ3n) is 3.28. The van der Waals surface area contributed by atoms with Crippen molar-refractivity contribution in [1.82, 2.24) is 25.5 Å². The van der Waals surface area contributed by atoms with Gasteiger partial charge in [0.1, 0.15) is 5.82 Å². The van der Waals surface area contributed by atoms with Gasteiger partial charge < -0.3 is 5.32 Å². The summed E-state index contributed by atoms with van der Waals surface area (Å²) in [5.41, 5.74) is 2.16. The summed E-state index contributed by atoms with van der Waals surface area (Å²) < 4.78 is 0. The molecular weight excluding hydrogens is 254 g/mol. The Morgan fingerprint density at radius 2 is 2.20 bits per heavy atom. The van der Waals surface area contributed by atoms with E-state index in [0.29, 0.717) is 18.0 Å². The third-order valence-corrected chi connectivity index (χ3v) is 3.28. The normalized spacial score (nSPS) is 14.1. The molecule has 20 heavy (non-hydrogen) atoms. The van der Waals surface area contributed by atoms with E-state index in [0.717, 1.165) is 29.9 Å². The van der Waals surface area contributed by atoms with Gasteiger partial charge in [0, 0.05) is 24.9 Å². The average molecular weight is 269 g/mol. The van der Waals surface area contributed by atoms with Crippen LogP contribution in [-0.2, 0) is 6.54 Å². The van der Waals surface area contributed by atoms with Crippen molar-refractivity contribution in [2.45, 2.75) is 32.2 Å². The van der Waals surface area contributed by atoms with Gasteiger partial charge >= 0.3 is 0 Å². The highest BCUT2D eigenvalue weighted by Gasteiger charge is 2.27. The molecule has 2 heterocycles. The summed E-state index contributed by atoms with van der Waals surface area (Å²) in [6.07, 6.45) is 7.15. The monoisotopic (exact) mass is 269 g/mol. The smallest absolute Gasteiger partial charge is 0.254 e. The number of carbonyl (C=O) groups is 1. The Labute approximate surface area is 116 Å². The quantitative estimate of drug-likeness (QED) is 0.907. The zero-order chi connectivity index (χ0) is 13.9. The average Bonchev–Trinajstić information content (AvgIpc) is 3.30. The number of nitrogens with zero attached hydrogens (tertiary/aromatic N) is 4. The van der Waals surface area contributed by atoms with Crippen molar-refractivity contribution in [2.75, 3.05) is 0 Å². The first-order valence-electron chi connectivity index (χ1n) is 6.61. The number of hydrogen-bond donors (Lipinski definition) is 1. The van der Waals surface area contributed by atoms with Gasteiger partial charge in [-0.2, -0.15) is 10.2 Å². The van der Waals surface area contributed by atoms with Crippen molar-refractivity contribution < 1.29 is 4.79 Å². The van der Waals surface area contributed by atoms with Crippen molar-refractivity contribution in [3.8, 4) is 0 Å². The standard InChI is InChI=1S/C14H15N5O/c1-9-12(8-15-13(19-9)11-2-3-11)14(20)16-6-10-4-5-17-18-7-10/h4-5,7-8,11H,2-3,6H2,1H3,(H,16,20). The number of carbonyl (C=O) groups excluding carboxylic acids is 1. The van der Waals surface area contributed by atoms with Crippen LogP contribution in [0.4, 0.5) is 0 Å². The van der Waals surface area contributed by atoms with Crippen LogP contribution in [0.25, 0.3) is 0 Å². The molecular formula is C14H15N5O. The van der Waals surface area contributed by atoms with E-state index in [9.17, 15) is 4.79 Å². The van der Waals surface area contributed by atoms with E-state index in [1.165, 1.54) is 0 Å². The maximum absolute atomic E-state index is 12.1. The predicted molar refractivity (Wildman–Crippen MR) is 71.9 cm³/mol. The van der Waals surface area contributed by atoms with E-state index >= 15 is 0 Å². The maximum atomic E-state index is 12.1. The third kappa shape index (κ3) is 2.79. The number of nitrogens with one attached hydrogen (secondary N) is 1. The Hall–Kier alpha value is -2.37. The molecule has 0 spiro atoms. The van der Waals surface area contributed by atoms with Gasteiger partial charge in [0.25, 0.3) is 5.91 Å². The van der Waals surface area contributed by atoms with Crippen molar-refractivity contribution in [1.29, 1.82) is 0 Å². The molecule has 1 saturated carbocycles. The maximum Gasteiger partial charge on any atom is 0.254 e. The lowest BCUT2D eigenvalue weighted by atomic mass is 10.2. The van der Waals surface area contributed by atoms with Gasteiger partial charge in [-0.3, -0.25) is 4.79 Å². The van der Waals surface area contributed by atoms with Crippen molar-refractivity contribution in [3.05, 3.63) is 47.3 Å². The van der Waals surface area contributed by atoms with Gasteiger partial charge in [0.2, 0.25) is 0 Å². The minimum absolute atomic E-state index is 0.165. The Kier molecular flexibility index (Phi) is 3.37. The van der Waals surface area contributed by atoms with Gasteiger partial charge in [-0.25, -0.2) is 9.97 Å². The molecule has 0 atom stereocenters. The second-order valence-electron chi connectivity index (χ2n) is 4.93. The molecule has 1 aliphatic carbocycles. The number of aromatic nitrogens is 4. The molecule has 1 fully saturated rings. The van der Waals surface area contributed by atoms with Crippen LogP contribution in [0.2, 0.25) is 0 Å². The topological polar surface area (TPSA) is 80.7 Å². The van der Waals surface area contributed by atoms with Crippen LogP contribution in [-0.4, -0.2) is 26.1 Å². The lowest BCUT2D eigenvalue weighted by Crippen LogP contribution is -2.24. The predicted octanol–water partition coefficient (Wildman–Crippen LogP) is 1.38. The molecule has 0 aromatic carbocycles. The molecule has 0 saturated heterocycles. The van der Waals surface area contributed by atoms with E-state index in [1.807, 2.05) is 13.0 Å². The first-order chi connectivity index (χ1) is 9.74. The highest BCUT2D eigenvalue weighted by Crippen LogP contribution is 2.37. The molecule has 1 N–H and O–H groups in total. The summed E-state index contributed by atoms with van der Waals surface area (Å²) in [5, 5.41) is 10.3. The van der Waals surface area contributed by atoms with Crippen LogP contribution >= 0.6 is 0 Å². The summed E-state index contributed by atoms with van der Waals surface area (Å²) in [6, 6.07) is 1.81. The van der Waals surface area contributed by atoms with E-state index in [1.54, 1.807) is 18.6 Å². The Balaban J connectivity index is 1.67. The number of hydrogen-bond acceptors (Lipinski definition) is 5. The van der Waals surface area contributed by atoms with E-state index in [-0.39, 0.29) is 5.91 Å². The number of amides is 1. The van der Waals surface area contributed by atoms with Crippen LogP contribution in [0.5, 0.6) is 0 Å². The molecule has 2 aromatic heterocycles. The van der Waals surface area contributed by atoms with Crippen LogP contribution in [0.3, 0.4) is 0 Å². The van der Waals surface area contributed by atoms with Crippen LogP contribution < -0.4 is 5.32 Å². The summed E-state index contributed by atoms with van der Waals surface area (Å²) in [5.74, 6) is 1.19. The Bertz CT molecular complexity index is 625. The fraction of sp³-hybridized carbons (Fsp3) is 0.357. The minimum atomic E-state index is -0.165. The first kappa shape index (κ1) is 12.7. The summed E-state index contributed by atoms with van der Waals surface area (Å²) >= 11 is 0. The van der Waals surface area contributed by atoms with Crippen LogP contribution in [0, 0.1) is 6.92 Å². The molecule has 1 aliphatic rings. The molecule has 1 amide bonds. The second-order valence-corrected chi connectivity index (χ2v) is 4.93. The lowest BCUT2D eigenvalue weighted by Gasteiger charge is -2.07. The summed E-state index contributed by atoms with van der Waals surface area (Å²) in [6.45, 7) is 2.26. The molecule has 0 aliphatic heterocycles. The van der Waals surface area contributed by atoms with E-state index in [4.69, 9.17) is 0 Å². The summed E-state index contributed by atoms with van der Waals surface area (Å²) in [4.78, 5) is 20.8. The van der Waals surface area contributed by atoms with Gasteiger partial charge in [-0.15, -0.1) is 0 Å². The largest absolute Gasteiger partial charge is 0.348 e. The van der Waals surface area contributed by atoms with Gasteiger partial charge in [0.05, 0.1) is 17.5 Å². The van der Waals surface area contributed by atoms with Crippen molar-refractivity contribution in [3.63, 3.8) is 0 Å². The van der Waals surface area contributed by atoms with E-state index in [2.05, 4.69) is 25.5 Å². The molecule has 0 radical (unpaired) electrons. The first-order valence-corrected chi connectivity index (χ1v) is 6.61. The molecule has 2 aromatic rings. The molecule has 6 heteroatoms. The Morgan fingerprint density at radius 3 is 2.85 bits per heavy atom. The van der Waals surface area contributed by atoms with Crippen LogP contribution in [0.15, 0.2) is 24.7 Å². The van der Waals surface area contributed by atoms with Crippen molar-refractivity contribution in [2.24, 2.45) is 0 Å². The highest BCUT2D eigenvalue weighted by molar-refractivity contribution is 5.94. The number of aryl methyl sites for hydroxylation is 1. The highest BCUT2D eigenvalue weighted by atomic mass is 16.1. The SMILES string of the molecule is Cc1nc(C2CC2)ncc1C(=O)NCc1ccnnc1. The van der Waals surface area contributed by atoms with Gasteiger partial charge in [0.15, 0.2) is 0 Å². The van der Waals surface area contributed by atoms with Gasteiger partial charge in [-0.05, 0) is 31.4 Å². The fourth-order valence-electron chi connectivity index (χ4n) is 1.95. The zero-order valence-electron chi connectivity index (χ0n) is 11.2. The van der Waals surface area contributed by atoms with Crippen LogP contribution in [0.1, 0.15) is 46.2 Å². The van der Waals surface area contributed by atoms with Gasteiger partial charge in [-0.1, -0.05) is 0 Å². The summed E-state index contributed by atoms with van der Waals surface area (Å²) in [7, 11) is 0. The molecule has 3 rings (SSSR count). The molecule has 6 nitrogen and oxygen atoms in total. The molecule has 102 valence electrons. The fourth-order valence-corrected chi connectivity index (χ4v) is 1.95. The van der Waals surface area contributed by atoms with Crippen molar-refractivity contribution >= 4 is 5.91 Å².